The summed E-state index contributed by atoms with van der Waals surface area (Å²) >= 11 is 1.47. The van der Waals surface area contributed by atoms with Gasteiger partial charge in [-0.3, -0.25) is 0 Å². The molecule has 1 unspecified atom stereocenters. The highest BCUT2D eigenvalue weighted by Gasteiger charge is 2.24. The van der Waals surface area contributed by atoms with Crippen LogP contribution in [0, 0.1) is 0 Å². The van der Waals surface area contributed by atoms with E-state index in [0.29, 0.717) is 13.1 Å². The first-order valence-corrected chi connectivity index (χ1v) is 8.41. The summed E-state index contributed by atoms with van der Waals surface area (Å²) in [5, 5.41) is 17.8. The number of amides is 2. The Morgan fingerprint density at radius 1 is 1.22 bits per heavy atom. The quantitative estimate of drug-likeness (QED) is 0.729. The van der Waals surface area contributed by atoms with Gasteiger partial charge in [-0.25, -0.2) is 4.79 Å². The lowest BCUT2D eigenvalue weighted by molar-refractivity contribution is 0.0631. The molecule has 0 saturated heterocycles. The summed E-state index contributed by atoms with van der Waals surface area (Å²) in [6, 6.07) is 13.5. The third-order valence-electron chi connectivity index (χ3n) is 3.57. The first-order chi connectivity index (χ1) is 11.0. The average Bonchev–Trinajstić information content (AvgIpc) is 3.09. The van der Waals surface area contributed by atoms with E-state index in [1.165, 1.54) is 11.3 Å². The van der Waals surface area contributed by atoms with Crippen LogP contribution in [0.3, 0.4) is 0 Å². The number of hydrogen-bond acceptors (Lipinski definition) is 4. The molecule has 0 bridgehead atoms. The van der Waals surface area contributed by atoms with Crippen LogP contribution in [-0.4, -0.2) is 37.8 Å². The largest absolute Gasteiger partial charge is 0.383 e. The van der Waals surface area contributed by atoms with Gasteiger partial charge in [0.2, 0.25) is 0 Å². The van der Waals surface area contributed by atoms with Crippen molar-refractivity contribution in [2.45, 2.75) is 12.5 Å². The van der Waals surface area contributed by atoms with Crippen molar-refractivity contribution in [3.63, 3.8) is 0 Å². The molecule has 0 saturated carbocycles. The van der Waals surface area contributed by atoms with Crippen molar-refractivity contribution in [1.82, 2.24) is 10.6 Å². The van der Waals surface area contributed by atoms with Crippen molar-refractivity contribution in [1.29, 1.82) is 0 Å². The van der Waals surface area contributed by atoms with E-state index in [4.69, 9.17) is 0 Å². The lowest BCUT2D eigenvalue weighted by atomic mass is 10.1. The molecule has 5 nitrogen and oxygen atoms in total. The first-order valence-electron chi connectivity index (χ1n) is 7.53. The van der Waals surface area contributed by atoms with Crippen LogP contribution in [0.25, 0.3) is 0 Å². The van der Waals surface area contributed by atoms with Gasteiger partial charge in [0.25, 0.3) is 0 Å². The Kier molecular flexibility index (Phi) is 6.01. The third-order valence-corrected chi connectivity index (χ3v) is 4.70. The molecule has 1 heterocycles. The molecule has 0 aliphatic carbocycles. The second-order valence-electron chi connectivity index (χ2n) is 5.62. The summed E-state index contributed by atoms with van der Waals surface area (Å²) in [6.07, 6.45) is 0. The van der Waals surface area contributed by atoms with Gasteiger partial charge in [0.1, 0.15) is 5.60 Å². The number of likely N-dealkylation sites (N-methyl/N-ethyl adjacent to an activating group) is 1. The fourth-order valence-corrected chi connectivity index (χ4v) is 2.92. The molecule has 124 valence electrons. The zero-order valence-electron chi connectivity index (χ0n) is 13.5. The molecular weight excluding hydrogens is 310 g/mol. The number of carbonyl (C=O) groups excluding carboxylic acids is 1. The second kappa shape index (κ2) is 7.99. The third kappa shape index (κ3) is 5.26. The summed E-state index contributed by atoms with van der Waals surface area (Å²) in [6.45, 7) is 3.10. The Hall–Kier alpha value is -2.05. The molecule has 0 aliphatic heterocycles. The average molecular weight is 333 g/mol. The predicted octanol–water partition coefficient (Wildman–Crippen LogP) is 2.39. The van der Waals surface area contributed by atoms with Gasteiger partial charge in [-0.1, -0.05) is 24.3 Å². The molecule has 0 fully saturated rings. The molecule has 1 aromatic carbocycles. The lowest BCUT2D eigenvalue weighted by Crippen LogP contribution is -2.44. The van der Waals surface area contributed by atoms with Crippen molar-refractivity contribution in [3.8, 4) is 0 Å². The molecule has 23 heavy (non-hydrogen) atoms. The number of aliphatic hydroxyl groups is 1. The second-order valence-corrected chi connectivity index (χ2v) is 6.57. The molecule has 2 amide bonds. The summed E-state index contributed by atoms with van der Waals surface area (Å²) in [4.78, 5) is 14.7. The maximum Gasteiger partial charge on any atom is 0.314 e. The molecule has 1 atom stereocenters. The van der Waals surface area contributed by atoms with E-state index in [-0.39, 0.29) is 12.6 Å². The topological polar surface area (TPSA) is 64.6 Å². The van der Waals surface area contributed by atoms with Crippen LogP contribution in [-0.2, 0) is 5.60 Å². The number of para-hydroxylation sites is 1. The van der Waals surface area contributed by atoms with Gasteiger partial charge in [0.05, 0.1) is 6.54 Å². The standard InChI is InChI=1S/C17H23N3O2S/c1-17(22,15-9-6-12-23-15)13-19-16(21)18-10-11-20(2)14-7-4-3-5-8-14/h3-9,12,22H,10-11,13H2,1-2H3,(H2,18,19,21). The summed E-state index contributed by atoms with van der Waals surface area (Å²) in [5.41, 5.74) is 0.0575. The van der Waals surface area contributed by atoms with Crippen molar-refractivity contribution in [2.24, 2.45) is 0 Å². The molecular formula is C17H23N3O2S. The smallest absolute Gasteiger partial charge is 0.314 e. The van der Waals surface area contributed by atoms with Crippen LogP contribution in [0.5, 0.6) is 0 Å². The van der Waals surface area contributed by atoms with E-state index in [1.54, 1.807) is 6.92 Å². The summed E-state index contributed by atoms with van der Waals surface area (Å²) < 4.78 is 0. The molecule has 2 aromatic rings. The highest BCUT2D eigenvalue weighted by Crippen LogP contribution is 2.24. The fourth-order valence-electron chi connectivity index (χ4n) is 2.14. The monoisotopic (exact) mass is 333 g/mol. The number of rotatable bonds is 7. The fraction of sp³-hybridized carbons (Fsp3) is 0.353. The Balaban J connectivity index is 1.69. The zero-order chi connectivity index (χ0) is 16.7. The minimum atomic E-state index is -1.05. The number of nitrogens with one attached hydrogen (secondary N) is 2. The van der Waals surface area contributed by atoms with Crippen molar-refractivity contribution in [2.75, 3.05) is 31.6 Å². The molecule has 3 N–H and O–H groups in total. The maximum absolute atomic E-state index is 11.8. The Labute approximate surface area is 140 Å². The lowest BCUT2D eigenvalue weighted by Gasteiger charge is -2.23. The van der Waals surface area contributed by atoms with Crippen molar-refractivity contribution in [3.05, 3.63) is 52.7 Å². The number of benzene rings is 1. The van der Waals surface area contributed by atoms with Crippen LogP contribution in [0.4, 0.5) is 10.5 Å². The van der Waals surface area contributed by atoms with Crippen LogP contribution in [0.15, 0.2) is 47.8 Å². The van der Waals surface area contributed by atoms with Crippen molar-refractivity contribution < 1.29 is 9.90 Å². The van der Waals surface area contributed by atoms with Gasteiger partial charge in [-0.05, 0) is 30.5 Å². The van der Waals surface area contributed by atoms with E-state index in [1.807, 2.05) is 54.9 Å². The van der Waals surface area contributed by atoms with Gasteiger partial charge >= 0.3 is 6.03 Å². The summed E-state index contributed by atoms with van der Waals surface area (Å²) in [7, 11) is 1.98. The van der Waals surface area contributed by atoms with E-state index < -0.39 is 5.60 Å². The minimum Gasteiger partial charge on any atom is -0.383 e. The van der Waals surface area contributed by atoms with Crippen molar-refractivity contribution >= 4 is 23.1 Å². The molecule has 0 spiro atoms. The van der Waals surface area contributed by atoms with Gasteiger partial charge in [0, 0.05) is 30.7 Å². The van der Waals surface area contributed by atoms with E-state index in [0.717, 1.165) is 10.6 Å². The van der Waals surface area contributed by atoms with Gasteiger partial charge in [0.15, 0.2) is 0 Å². The SMILES string of the molecule is CN(CCNC(=O)NCC(C)(O)c1cccs1)c1ccccc1. The highest BCUT2D eigenvalue weighted by atomic mass is 32.1. The van der Waals surface area contributed by atoms with E-state index in [9.17, 15) is 9.90 Å². The number of nitrogens with zero attached hydrogens (tertiary/aromatic N) is 1. The van der Waals surface area contributed by atoms with Gasteiger partial charge < -0.3 is 20.6 Å². The molecule has 2 rings (SSSR count). The van der Waals surface area contributed by atoms with Crippen LogP contribution in [0.1, 0.15) is 11.8 Å². The zero-order valence-corrected chi connectivity index (χ0v) is 14.3. The van der Waals surface area contributed by atoms with Gasteiger partial charge in [-0.15, -0.1) is 11.3 Å². The minimum absolute atomic E-state index is 0.174. The number of carbonyl (C=O) groups is 1. The molecule has 1 aromatic heterocycles. The first kappa shape index (κ1) is 17.3. The number of anilines is 1. The molecule has 6 heteroatoms. The van der Waals surface area contributed by atoms with E-state index >= 15 is 0 Å². The number of thiophene rings is 1. The normalized spacial score (nSPS) is 13.2. The Morgan fingerprint density at radius 3 is 2.61 bits per heavy atom. The van der Waals surface area contributed by atoms with Crippen LogP contribution in [0.2, 0.25) is 0 Å². The summed E-state index contributed by atoms with van der Waals surface area (Å²) in [5.74, 6) is 0. The maximum atomic E-state index is 11.8. The van der Waals surface area contributed by atoms with E-state index in [2.05, 4.69) is 15.5 Å². The Morgan fingerprint density at radius 2 is 1.96 bits per heavy atom. The Bertz CT molecular complexity index is 600. The van der Waals surface area contributed by atoms with Gasteiger partial charge in [-0.2, -0.15) is 0 Å². The highest BCUT2D eigenvalue weighted by molar-refractivity contribution is 7.10. The molecule has 0 radical (unpaired) electrons. The predicted molar refractivity (Wildman–Crippen MR) is 95.0 cm³/mol. The number of hydrogen-bond donors (Lipinski definition) is 3. The van der Waals surface area contributed by atoms with Crippen LogP contribution >= 0.6 is 11.3 Å². The number of urea groups is 1. The molecule has 0 aliphatic rings. The van der Waals surface area contributed by atoms with Crippen LogP contribution < -0.4 is 15.5 Å².